The molecule has 2 aromatic rings. The molecular formula is C21H27BrN2O2. The van der Waals surface area contributed by atoms with Crippen molar-refractivity contribution < 1.29 is 9.84 Å². The molecule has 0 bridgehead atoms. The van der Waals surface area contributed by atoms with E-state index in [1.165, 1.54) is 10.0 Å². The summed E-state index contributed by atoms with van der Waals surface area (Å²) in [5.41, 5.74) is 3.48. The van der Waals surface area contributed by atoms with Crippen molar-refractivity contribution in [3.63, 3.8) is 0 Å². The van der Waals surface area contributed by atoms with Crippen LogP contribution in [0.3, 0.4) is 0 Å². The van der Waals surface area contributed by atoms with Gasteiger partial charge in [-0.05, 0) is 48.6 Å². The van der Waals surface area contributed by atoms with Gasteiger partial charge in [-0.3, -0.25) is 4.90 Å². The average molecular weight is 419 g/mol. The predicted octanol–water partition coefficient (Wildman–Crippen LogP) is 4.07. The highest BCUT2D eigenvalue weighted by Gasteiger charge is 2.20. The summed E-state index contributed by atoms with van der Waals surface area (Å²) >= 11 is 3.64. The summed E-state index contributed by atoms with van der Waals surface area (Å²) in [4.78, 5) is 2.51. The molecule has 1 heterocycles. The summed E-state index contributed by atoms with van der Waals surface area (Å²) in [5, 5.41) is 12.7. The molecule has 0 radical (unpaired) electrons. The van der Waals surface area contributed by atoms with Crippen LogP contribution in [0.4, 0.5) is 5.69 Å². The van der Waals surface area contributed by atoms with Crippen molar-refractivity contribution in [3.8, 4) is 5.75 Å². The molecule has 0 aromatic heterocycles. The lowest BCUT2D eigenvalue weighted by molar-refractivity contribution is 0.211. The fourth-order valence-corrected chi connectivity index (χ4v) is 3.87. The first-order valence-electron chi connectivity index (χ1n) is 9.19. The van der Waals surface area contributed by atoms with Crippen LogP contribution in [0.15, 0.2) is 46.9 Å². The maximum absolute atomic E-state index is 9.10. The Bertz CT molecular complexity index is 715. The van der Waals surface area contributed by atoms with Crippen molar-refractivity contribution in [3.05, 3.63) is 58.1 Å². The topological polar surface area (TPSA) is 44.7 Å². The molecule has 0 atom stereocenters. The van der Waals surface area contributed by atoms with Crippen molar-refractivity contribution in [2.24, 2.45) is 0 Å². The standard InChI is InChI=1S/C21H27BrN2O2/c1-26-21-14-16(10-13-25)6-7-20(21)23-18-8-11-24(12-9-18)15-17-4-2-3-5-19(17)22/h2-7,14,18,23,25H,8-13,15H2,1H3. The van der Waals surface area contributed by atoms with Crippen LogP contribution in [0, 0.1) is 0 Å². The maximum Gasteiger partial charge on any atom is 0.142 e. The smallest absolute Gasteiger partial charge is 0.142 e. The molecule has 1 saturated heterocycles. The monoisotopic (exact) mass is 418 g/mol. The third-order valence-electron chi connectivity index (χ3n) is 4.97. The van der Waals surface area contributed by atoms with E-state index in [0.29, 0.717) is 12.5 Å². The molecule has 5 heteroatoms. The number of likely N-dealkylation sites (tertiary alicyclic amines) is 1. The van der Waals surface area contributed by atoms with E-state index in [1.807, 2.05) is 6.07 Å². The SMILES string of the molecule is COc1cc(CCO)ccc1NC1CCN(Cc2ccccc2Br)CC1. The largest absolute Gasteiger partial charge is 0.495 e. The lowest BCUT2D eigenvalue weighted by atomic mass is 10.0. The average Bonchev–Trinajstić information content (AvgIpc) is 2.66. The first-order chi connectivity index (χ1) is 12.7. The molecule has 0 spiro atoms. The second-order valence-electron chi connectivity index (χ2n) is 6.79. The molecule has 1 aliphatic heterocycles. The molecule has 0 aliphatic carbocycles. The van der Waals surface area contributed by atoms with Gasteiger partial charge in [-0.1, -0.05) is 40.2 Å². The van der Waals surface area contributed by atoms with E-state index >= 15 is 0 Å². The molecule has 1 aliphatic rings. The Morgan fingerprint density at radius 3 is 2.65 bits per heavy atom. The first-order valence-corrected chi connectivity index (χ1v) is 9.99. The number of halogens is 1. The molecule has 2 N–H and O–H groups in total. The minimum atomic E-state index is 0.159. The molecule has 0 saturated carbocycles. The van der Waals surface area contributed by atoms with Crippen LogP contribution >= 0.6 is 15.9 Å². The third-order valence-corrected chi connectivity index (χ3v) is 5.74. The molecule has 4 nitrogen and oxygen atoms in total. The minimum absolute atomic E-state index is 0.159. The Balaban J connectivity index is 1.55. The summed E-state index contributed by atoms with van der Waals surface area (Å²) in [6.45, 7) is 3.33. The van der Waals surface area contributed by atoms with Gasteiger partial charge in [0.05, 0.1) is 12.8 Å². The van der Waals surface area contributed by atoms with E-state index in [0.717, 1.165) is 49.5 Å². The summed E-state index contributed by atoms with van der Waals surface area (Å²) in [6.07, 6.45) is 2.89. The number of nitrogens with one attached hydrogen (secondary N) is 1. The molecule has 140 valence electrons. The van der Waals surface area contributed by atoms with E-state index in [9.17, 15) is 0 Å². The lowest BCUT2D eigenvalue weighted by Crippen LogP contribution is -2.38. The predicted molar refractivity (Wildman–Crippen MR) is 110 cm³/mol. The van der Waals surface area contributed by atoms with Gasteiger partial charge in [-0.15, -0.1) is 0 Å². The zero-order valence-corrected chi connectivity index (χ0v) is 16.8. The molecule has 2 aromatic carbocycles. The van der Waals surface area contributed by atoms with Crippen molar-refractivity contribution >= 4 is 21.6 Å². The van der Waals surface area contributed by atoms with Gasteiger partial charge in [0.25, 0.3) is 0 Å². The summed E-state index contributed by atoms with van der Waals surface area (Å²) in [7, 11) is 1.70. The van der Waals surface area contributed by atoms with E-state index in [1.54, 1.807) is 7.11 Å². The molecular weight excluding hydrogens is 392 g/mol. The van der Waals surface area contributed by atoms with Gasteiger partial charge in [0.15, 0.2) is 0 Å². The Kier molecular flexibility index (Phi) is 6.94. The van der Waals surface area contributed by atoms with Crippen molar-refractivity contribution in [2.75, 3.05) is 32.1 Å². The van der Waals surface area contributed by atoms with E-state index in [-0.39, 0.29) is 6.61 Å². The first kappa shape index (κ1) is 19.2. The minimum Gasteiger partial charge on any atom is -0.495 e. The van der Waals surface area contributed by atoms with Crippen LogP contribution in [0.25, 0.3) is 0 Å². The zero-order valence-electron chi connectivity index (χ0n) is 15.2. The highest BCUT2D eigenvalue weighted by molar-refractivity contribution is 9.10. The molecule has 0 unspecified atom stereocenters. The summed E-state index contributed by atoms with van der Waals surface area (Å²) < 4.78 is 6.72. The second kappa shape index (κ2) is 9.40. The van der Waals surface area contributed by atoms with Crippen LogP contribution in [-0.2, 0) is 13.0 Å². The van der Waals surface area contributed by atoms with Gasteiger partial charge in [0, 0.05) is 36.8 Å². The Hall–Kier alpha value is -1.56. The third kappa shape index (κ3) is 5.00. The Morgan fingerprint density at radius 2 is 1.96 bits per heavy atom. The number of hydrogen-bond donors (Lipinski definition) is 2. The number of methoxy groups -OCH3 is 1. The number of aliphatic hydroxyl groups excluding tert-OH is 1. The van der Waals surface area contributed by atoms with E-state index < -0.39 is 0 Å². The van der Waals surface area contributed by atoms with Gasteiger partial charge in [0.1, 0.15) is 5.75 Å². The van der Waals surface area contributed by atoms with Crippen LogP contribution in [0.5, 0.6) is 5.75 Å². The van der Waals surface area contributed by atoms with E-state index in [4.69, 9.17) is 9.84 Å². The number of rotatable bonds is 7. The van der Waals surface area contributed by atoms with Crippen LogP contribution in [-0.4, -0.2) is 42.9 Å². The second-order valence-corrected chi connectivity index (χ2v) is 7.65. The van der Waals surface area contributed by atoms with Gasteiger partial charge in [-0.25, -0.2) is 0 Å². The normalized spacial score (nSPS) is 15.8. The molecule has 0 amide bonds. The highest BCUT2D eigenvalue weighted by Crippen LogP contribution is 2.28. The summed E-state index contributed by atoms with van der Waals surface area (Å²) in [6, 6.07) is 15.1. The van der Waals surface area contributed by atoms with Gasteiger partial charge < -0.3 is 15.2 Å². The van der Waals surface area contributed by atoms with Crippen molar-refractivity contribution in [2.45, 2.75) is 31.8 Å². The molecule has 1 fully saturated rings. The zero-order chi connectivity index (χ0) is 18.4. The fourth-order valence-electron chi connectivity index (χ4n) is 3.46. The fraction of sp³-hybridized carbons (Fsp3) is 0.429. The van der Waals surface area contributed by atoms with Crippen LogP contribution in [0.1, 0.15) is 24.0 Å². The van der Waals surface area contributed by atoms with Crippen LogP contribution < -0.4 is 10.1 Å². The van der Waals surface area contributed by atoms with Gasteiger partial charge in [-0.2, -0.15) is 0 Å². The maximum atomic E-state index is 9.10. The number of benzene rings is 2. The molecule has 3 rings (SSSR count). The van der Waals surface area contributed by atoms with Crippen LogP contribution in [0.2, 0.25) is 0 Å². The number of aliphatic hydroxyl groups is 1. The summed E-state index contributed by atoms with van der Waals surface area (Å²) in [5.74, 6) is 0.853. The number of piperidine rings is 1. The van der Waals surface area contributed by atoms with Crippen molar-refractivity contribution in [1.82, 2.24) is 4.90 Å². The number of hydrogen-bond acceptors (Lipinski definition) is 4. The number of anilines is 1. The number of nitrogens with zero attached hydrogens (tertiary/aromatic N) is 1. The van der Waals surface area contributed by atoms with Crippen molar-refractivity contribution in [1.29, 1.82) is 0 Å². The van der Waals surface area contributed by atoms with E-state index in [2.05, 4.69) is 62.5 Å². The Labute approximate surface area is 164 Å². The molecule has 26 heavy (non-hydrogen) atoms. The lowest BCUT2D eigenvalue weighted by Gasteiger charge is -2.33. The van der Waals surface area contributed by atoms with Gasteiger partial charge in [0.2, 0.25) is 0 Å². The van der Waals surface area contributed by atoms with Gasteiger partial charge >= 0.3 is 0 Å². The Morgan fingerprint density at radius 1 is 1.19 bits per heavy atom. The quantitative estimate of drug-likeness (QED) is 0.710. The number of ether oxygens (including phenoxy) is 1. The highest BCUT2D eigenvalue weighted by atomic mass is 79.9.